The largest absolute Gasteiger partial charge is 0.507 e. The Morgan fingerprint density at radius 1 is 1.17 bits per heavy atom. The van der Waals surface area contributed by atoms with Gasteiger partial charge in [-0.15, -0.1) is 23.1 Å². The number of amides is 1. The van der Waals surface area contributed by atoms with Crippen molar-refractivity contribution in [2.24, 2.45) is 11.8 Å². The van der Waals surface area contributed by atoms with Crippen LogP contribution in [0, 0.1) is 11.8 Å². The van der Waals surface area contributed by atoms with Crippen molar-refractivity contribution in [1.82, 2.24) is 4.90 Å². The number of thioether (sulfide) groups is 1. The lowest BCUT2D eigenvalue weighted by atomic mass is 9.73. The van der Waals surface area contributed by atoms with Crippen molar-refractivity contribution in [2.75, 3.05) is 5.75 Å². The zero-order valence-electron chi connectivity index (χ0n) is 31.4. The number of phenols is 1. The van der Waals surface area contributed by atoms with E-state index in [0.717, 1.165) is 65.7 Å². The van der Waals surface area contributed by atoms with Crippen molar-refractivity contribution in [3.05, 3.63) is 80.7 Å². The fourth-order valence-electron chi connectivity index (χ4n) is 7.39. The molecule has 5 rings (SSSR count). The van der Waals surface area contributed by atoms with Crippen LogP contribution in [0.25, 0.3) is 0 Å². The summed E-state index contributed by atoms with van der Waals surface area (Å²) < 4.78 is 12.3. The number of Topliss-reactive ketones (excluding diaryl/α,β-unsaturated/α-hetero) is 1. The Morgan fingerprint density at radius 3 is 2.62 bits per heavy atom. The van der Waals surface area contributed by atoms with E-state index >= 15 is 0 Å². The second-order valence-corrected chi connectivity index (χ2v) is 18.1. The van der Waals surface area contributed by atoms with Gasteiger partial charge in [-0.3, -0.25) is 14.5 Å². The third-order valence-electron chi connectivity index (χ3n) is 9.97. The number of aromatic hydroxyl groups is 1. The maximum Gasteiger partial charge on any atom is 0.355 e. The van der Waals surface area contributed by atoms with Gasteiger partial charge in [-0.05, 0) is 120 Å². The normalized spacial score (nSPS) is 21.6. The van der Waals surface area contributed by atoms with Crippen molar-refractivity contribution in [3.8, 4) is 11.5 Å². The smallest absolute Gasteiger partial charge is 0.355 e. The van der Waals surface area contributed by atoms with Crippen LogP contribution in [0.4, 0.5) is 0 Å². The number of thiocarbonyl (C=S) groups is 1. The van der Waals surface area contributed by atoms with Crippen molar-refractivity contribution < 1.29 is 29.0 Å². The number of rotatable bonds is 15. The molecule has 0 bridgehead atoms. The number of allylic oxidation sites excluding steroid dienone is 3. The lowest BCUT2D eigenvalue weighted by Crippen LogP contribution is -2.62. The number of thiophene rings is 1. The molecular weight excluding hydrogens is 711 g/mol. The number of carbonyl (C=O) groups is 3. The first-order valence-corrected chi connectivity index (χ1v) is 20.8. The number of β-lactam (4-membered cyclic amide) rings is 1. The van der Waals surface area contributed by atoms with Gasteiger partial charge in [0.15, 0.2) is 5.05 Å². The summed E-state index contributed by atoms with van der Waals surface area (Å²) in [5.41, 5.74) is 4.33. The van der Waals surface area contributed by atoms with E-state index in [1.54, 1.807) is 32.5 Å². The summed E-state index contributed by atoms with van der Waals surface area (Å²) >= 11 is 8.96. The minimum atomic E-state index is -0.758. The third kappa shape index (κ3) is 9.66. The maximum absolute atomic E-state index is 13.7. The van der Waals surface area contributed by atoms with Gasteiger partial charge in [-0.2, -0.15) is 0 Å². The summed E-state index contributed by atoms with van der Waals surface area (Å²) in [7, 11) is 0. The van der Waals surface area contributed by atoms with Crippen LogP contribution in [-0.2, 0) is 32.0 Å². The average Bonchev–Trinajstić information content (AvgIpc) is 3.57. The first kappa shape index (κ1) is 40.0. The Morgan fingerprint density at radius 2 is 1.94 bits per heavy atom. The molecule has 2 aromatic rings. The number of phenolic OH excluding ortho intramolecular Hbond substituents is 1. The Bertz CT molecular complexity index is 1750. The van der Waals surface area contributed by atoms with Crippen molar-refractivity contribution in [3.63, 3.8) is 0 Å². The minimum Gasteiger partial charge on any atom is -0.507 e. The zero-order valence-corrected chi connectivity index (χ0v) is 33.9. The Balaban J connectivity index is 1.37. The molecule has 280 valence electrons. The number of benzene rings is 1. The molecule has 0 unspecified atom stereocenters. The van der Waals surface area contributed by atoms with Gasteiger partial charge in [0.25, 0.3) is 0 Å². The number of aryl methyl sites for hydroxylation is 1. The maximum atomic E-state index is 13.7. The van der Waals surface area contributed by atoms with Crippen LogP contribution < -0.4 is 4.74 Å². The molecular formula is C42H53NO6S3. The number of hydrogen-bond donors (Lipinski definition) is 1. The highest BCUT2D eigenvalue weighted by Gasteiger charge is 2.54. The zero-order chi connectivity index (χ0) is 37.7. The van der Waals surface area contributed by atoms with Crippen LogP contribution >= 0.6 is 35.3 Å². The number of carbonyl (C=O) groups excluding carboxylic acids is 3. The van der Waals surface area contributed by atoms with E-state index < -0.39 is 17.5 Å². The van der Waals surface area contributed by atoms with Crippen LogP contribution in [0.5, 0.6) is 11.5 Å². The Kier molecular flexibility index (Phi) is 13.3. The van der Waals surface area contributed by atoms with Gasteiger partial charge in [0.2, 0.25) is 5.91 Å². The summed E-state index contributed by atoms with van der Waals surface area (Å²) in [5, 5.41) is 13.5. The number of nitrogens with zero attached hydrogens (tertiary/aromatic N) is 1. The molecule has 52 heavy (non-hydrogen) atoms. The molecule has 3 heterocycles. The van der Waals surface area contributed by atoms with E-state index in [1.165, 1.54) is 21.8 Å². The predicted octanol–water partition coefficient (Wildman–Crippen LogP) is 10.0. The van der Waals surface area contributed by atoms with Crippen molar-refractivity contribution >= 4 is 58.0 Å². The molecule has 1 aromatic heterocycles. The molecule has 1 amide bonds. The Labute approximate surface area is 322 Å². The van der Waals surface area contributed by atoms with Gasteiger partial charge < -0.3 is 14.6 Å². The summed E-state index contributed by atoms with van der Waals surface area (Å²) in [6.45, 7) is 16.0. The highest BCUT2D eigenvalue weighted by atomic mass is 32.2. The molecule has 1 fully saturated rings. The Hall–Kier alpha value is -3.21. The fourth-order valence-corrected chi connectivity index (χ4v) is 9.77. The highest BCUT2D eigenvalue weighted by Crippen LogP contribution is 2.48. The number of fused-ring (bicyclic) bond motifs is 1. The lowest BCUT2D eigenvalue weighted by molar-refractivity contribution is -0.161. The second kappa shape index (κ2) is 17.3. The van der Waals surface area contributed by atoms with Crippen LogP contribution in [0.15, 0.2) is 64.7 Å². The molecule has 2 aliphatic heterocycles. The van der Waals surface area contributed by atoms with E-state index in [1.807, 2.05) is 36.6 Å². The summed E-state index contributed by atoms with van der Waals surface area (Å²) in [4.78, 5) is 42.7. The number of ketones is 1. The molecule has 0 radical (unpaired) electrons. The van der Waals surface area contributed by atoms with E-state index in [-0.39, 0.29) is 46.8 Å². The standard InChI is InChI=1S/C42H53NO6S3/c1-8-9-10-12-27-20-34(45)37(32-19-26(4)14-16-31(32)25(2)3)35(21-27)48-36(50)17-15-28-24-52-40-33(23-29(44)22-30-13-11-18-51-30)39(46)43(40)38(28)41(47)49-42(5,6)7/h11,13,18-21,31-33,40,45H,2,8-10,12,14-17,22-24H2,1,3-7H3/t31-,32+,33+,40+/m0/s1. The summed E-state index contributed by atoms with van der Waals surface area (Å²) in [5.74, 6) is 0.114. The van der Waals surface area contributed by atoms with Crippen LogP contribution in [-0.4, -0.2) is 49.4 Å². The monoisotopic (exact) mass is 763 g/mol. The molecule has 1 aliphatic carbocycles. The highest BCUT2D eigenvalue weighted by molar-refractivity contribution is 8.00. The van der Waals surface area contributed by atoms with Gasteiger partial charge >= 0.3 is 5.97 Å². The summed E-state index contributed by atoms with van der Waals surface area (Å²) in [6, 6.07) is 7.74. The van der Waals surface area contributed by atoms with Gasteiger partial charge in [0, 0.05) is 41.4 Å². The van der Waals surface area contributed by atoms with Gasteiger partial charge in [0.05, 0.1) is 11.3 Å². The number of unbranched alkanes of at least 4 members (excludes halogenated alkanes) is 2. The van der Waals surface area contributed by atoms with Crippen LogP contribution in [0.2, 0.25) is 0 Å². The third-order valence-corrected chi connectivity index (χ3v) is 12.5. The quantitative estimate of drug-likeness (QED) is 0.0630. The molecule has 0 spiro atoms. The molecule has 1 saturated heterocycles. The van der Waals surface area contributed by atoms with Crippen molar-refractivity contribution in [1.29, 1.82) is 0 Å². The second-order valence-electron chi connectivity index (χ2n) is 15.5. The minimum absolute atomic E-state index is 0.0189. The molecule has 1 aromatic carbocycles. The molecule has 10 heteroatoms. The number of ether oxygens (including phenoxy) is 2. The first-order valence-electron chi connectivity index (χ1n) is 18.5. The average molecular weight is 764 g/mol. The first-order chi connectivity index (χ1) is 24.7. The predicted molar refractivity (Wildman–Crippen MR) is 215 cm³/mol. The van der Waals surface area contributed by atoms with E-state index in [2.05, 4.69) is 26.5 Å². The molecule has 1 N–H and O–H groups in total. The molecule has 0 saturated carbocycles. The summed E-state index contributed by atoms with van der Waals surface area (Å²) in [6.07, 6.45) is 9.37. The topological polar surface area (TPSA) is 93.1 Å². The van der Waals surface area contributed by atoms with Crippen LogP contribution in [0.3, 0.4) is 0 Å². The molecule has 7 nitrogen and oxygen atoms in total. The van der Waals surface area contributed by atoms with Gasteiger partial charge in [0.1, 0.15) is 28.6 Å². The molecule has 3 aliphatic rings. The van der Waals surface area contributed by atoms with Crippen molar-refractivity contribution in [2.45, 2.75) is 123 Å². The van der Waals surface area contributed by atoms with E-state index in [9.17, 15) is 19.5 Å². The van der Waals surface area contributed by atoms with Crippen LogP contribution in [0.1, 0.15) is 115 Å². The molecule has 4 atom stereocenters. The number of hydrogen-bond acceptors (Lipinski definition) is 9. The number of esters is 1. The lowest BCUT2D eigenvalue weighted by Gasteiger charge is -2.50. The van der Waals surface area contributed by atoms with Gasteiger partial charge in [-0.1, -0.05) is 49.6 Å². The van der Waals surface area contributed by atoms with E-state index in [4.69, 9.17) is 21.7 Å². The van der Waals surface area contributed by atoms with Gasteiger partial charge in [-0.25, -0.2) is 4.79 Å². The fraction of sp³-hybridized carbons (Fsp3) is 0.524. The van der Waals surface area contributed by atoms with E-state index in [0.29, 0.717) is 35.8 Å². The SMILES string of the molecule is C=C(C)[C@@H]1CCC(C)=C[C@H]1c1c(O)cc(CCCCC)cc1OC(=S)CCC1=C(C(=O)OC(C)(C)C)N2C(=O)[C@@H](CC(=O)Cc3cccs3)[C@H]2SC1.